The van der Waals surface area contributed by atoms with Crippen molar-refractivity contribution in [2.24, 2.45) is 5.41 Å². The van der Waals surface area contributed by atoms with Crippen LogP contribution >= 0.6 is 23.2 Å². The number of benzene rings is 1. The van der Waals surface area contributed by atoms with Gasteiger partial charge in [0.1, 0.15) is 6.10 Å². The summed E-state index contributed by atoms with van der Waals surface area (Å²) in [6, 6.07) is 4.41. The van der Waals surface area contributed by atoms with Crippen LogP contribution in [0.4, 0.5) is 5.69 Å². The Balaban J connectivity index is 1.85. The molecule has 0 aromatic heterocycles. The van der Waals surface area contributed by atoms with E-state index in [1.807, 2.05) is 0 Å². The monoisotopic (exact) mass is 315 g/mol. The Hall–Kier alpha value is -1.00. The van der Waals surface area contributed by atoms with E-state index in [1.165, 1.54) is 18.2 Å². The topological polar surface area (TPSA) is 52.4 Å². The molecule has 2 aliphatic carbocycles. The van der Waals surface area contributed by atoms with Gasteiger partial charge in [-0.1, -0.05) is 24.4 Å². The zero-order valence-electron chi connectivity index (χ0n) is 10.9. The predicted octanol–water partition coefficient (Wildman–Crippen LogP) is 4.57. The second-order valence-corrected chi connectivity index (χ2v) is 6.58. The molecule has 0 amide bonds. The zero-order chi connectivity index (χ0) is 14.3. The third-order valence-corrected chi connectivity index (χ3v) is 5.46. The summed E-state index contributed by atoms with van der Waals surface area (Å²) < 4.78 is 5.92. The highest BCUT2D eigenvalue weighted by Crippen LogP contribution is 2.57. The van der Waals surface area contributed by atoms with Gasteiger partial charge in [-0.15, -0.1) is 11.6 Å². The van der Waals surface area contributed by atoms with Gasteiger partial charge >= 0.3 is 5.69 Å². The Kier molecular flexibility index (Phi) is 3.55. The van der Waals surface area contributed by atoms with Crippen LogP contribution in [0.2, 0.25) is 5.02 Å². The van der Waals surface area contributed by atoms with Gasteiger partial charge in [0.25, 0.3) is 0 Å². The molecule has 0 heterocycles. The van der Waals surface area contributed by atoms with Gasteiger partial charge in [-0.3, -0.25) is 10.1 Å². The summed E-state index contributed by atoms with van der Waals surface area (Å²) in [6.07, 6.45) is 5.09. The first-order valence-electron chi connectivity index (χ1n) is 6.77. The lowest BCUT2D eigenvalue weighted by molar-refractivity contribution is -0.386. The molecule has 0 radical (unpaired) electrons. The van der Waals surface area contributed by atoms with E-state index in [2.05, 4.69) is 0 Å². The molecule has 2 saturated carbocycles. The molecule has 1 aromatic rings. The molecular weight excluding hydrogens is 301 g/mol. The summed E-state index contributed by atoms with van der Waals surface area (Å²) in [5.41, 5.74) is -0.0434. The number of alkyl halides is 1. The maximum Gasteiger partial charge on any atom is 0.311 e. The van der Waals surface area contributed by atoms with E-state index in [0.717, 1.165) is 32.1 Å². The fourth-order valence-electron chi connectivity index (χ4n) is 3.42. The van der Waals surface area contributed by atoms with Gasteiger partial charge in [0.2, 0.25) is 0 Å². The lowest BCUT2D eigenvalue weighted by Crippen LogP contribution is -2.55. The van der Waals surface area contributed by atoms with E-state index in [1.54, 1.807) is 0 Å². The minimum absolute atomic E-state index is 0.00224. The maximum atomic E-state index is 11.1. The lowest BCUT2D eigenvalue weighted by Gasteiger charge is -2.50. The molecule has 2 atom stereocenters. The van der Waals surface area contributed by atoms with Gasteiger partial charge < -0.3 is 4.74 Å². The number of halogens is 2. The smallest absolute Gasteiger partial charge is 0.311 e. The summed E-state index contributed by atoms with van der Waals surface area (Å²) in [5.74, 6) is 0.252. The fraction of sp³-hybridized carbons (Fsp3) is 0.571. The van der Waals surface area contributed by atoms with E-state index in [4.69, 9.17) is 27.9 Å². The normalized spacial score (nSPS) is 27.3. The average Bonchev–Trinajstić information content (AvgIpc) is 2.90. The molecule has 4 nitrogen and oxygen atoms in total. The van der Waals surface area contributed by atoms with Crippen molar-refractivity contribution in [3.05, 3.63) is 33.3 Å². The SMILES string of the molecule is O=[N+]([O-])c1ccc(Cl)cc1OC1CC(Cl)C12CCCC2. The molecule has 1 spiro atoms. The highest BCUT2D eigenvalue weighted by molar-refractivity contribution is 6.30. The van der Waals surface area contributed by atoms with Gasteiger partial charge in [-0.25, -0.2) is 0 Å². The third-order valence-electron chi connectivity index (χ3n) is 4.61. The molecule has 0 aliphatic heterocycles. The molecule has 2 fully saturated rings. The average molecular weight is 316 g/mol. The highest BCUT2D eigenvalue weighted by atomic mass is 35.5. The number of hydrogen-bond donors (Lipinski definition) is 0. The van der Waals surface area contributed by atoms with Crippen molar-refractivity contribution in [2.45, 2.75) is 43.6 Å². The van der Waals surface area contributed by atoms with Gasteiger partial charge in [0.15, 0.2) is 5.75 Å². The quantitative estimate of drug-likeness (QED) is 0.466. The molecule has 108 valence electrons. The number of nitro groups is 1. The van der Waals surface area contributed by atoms with Crippen LogP contribution in [-0.4, -0.2) is 16.4 Å². The van der Waals surface area contributed by atoms with Crippen molar-refractivity contribution >= 4 is 28.9 Å². The van der Waals surface area contributed by atoms with E-state index in [9.17, 15) is 10.1 Å². The van der Waals surface area contributed by atoms with Gasteiger partial charge in [-0.2, -0.15) is 0 Å². The van der Waals surface area contributed by atoms with Gasteiger partial charge in [0, 0.05) is 34.4 Å². The summed E-state index contributed by atoms with van der Waals surface area (Å²) in [6.45, 7) is 0. The molecule has 2 aliphatic rings. The molecule has 0 bridgehead atoms. The standard InChI is InChI=1S/C14H15Cl2NO3/c15-9-3-4-10(17(18)19)11(7-9)20-13-8-12(16)14(13)5-1-2-6-14/h3-4,7,12-13H,1-2,5-6,8H2. The van der Waals surface area contributed by atoms with Crippen LogP contribution in [0, 0.1) is 15.5 Å². The van der Waals surface area contributed by atoms with E-state index < -0.39 is 4.92 Å². The Morgan fingerprint density at radius 1 is 1.35 bits per heavy atom. The number of nitro benzene ring substituents is 1. The first-order chi connectivity index (χ1) is 9.53. The minimum atomic E-state index is -0.441. The predicted molar refractivity (Wildman–Crippen MR) is 77.7 cm³/mol. The summed E-state index contributed by atoms with van der Waals surface area (Å²) >= 11 is 12.3. The summed E-state index contributed by atoms with van der Waals surface area (Å²) in [4.78, 5) is 10.6. The first-order valence-corrected chi connectivity index (χ1v) is 7.59. The van der Waals surface area contributed by atoms with Crippen molar-refractivity contribution in [3.63, 3.8) is 0 Å². The number of hydrogen-bond acceptors (Lipinski definition) is 3. The van der Waals surface area contributed by atoms with Gasteiger partial charge in [0.05, 0.1) is 4.92 Å². The largest absolute Gasteiger partial charge is 0.483 e. The molecule has 0 saturated heterocycles. The van der Waals surface area contributed by atoms with Crippen LogP contribution in [0.15, 0.2) is 18.2 Å². The van der Waals surface area contributed by atoms with Crippen molar-refractivity contribution in [2.75, 3.05) is 0 Å². The van der Waals surface area contributed by atoms with Crippen molar-refractivity contribution in [1.82, 2.24) is 0 Å². The van der Waals surface area contributed by atoms with Crippen LogP contribution in [0.1, 0.15) is 32.1 Å². The van der Waals surface area contributed by atoms with E-state index in [0.29, 0.717) is 5.02 Å². The molecule has 3 rings (SSSR count). The Morgan fingerprint density at radius 2 is 2.05 bits per heavy atom. The van der Waals surface area contributed by atoms with E-state index in [-0.39, 0.29) is 28.3 Å². The summed E-state index contributed by atoms with van der Waals surface area (Å²) in [7, 11) is 0. The Bertz CT molecular complexity index is 543. The number of ether oxygens (including phenoxy) is 1. The van der Waals surface area contributed by atoms with Crippen molar-refractivity contribution in [3.8, 4) is 5.75 Å². The second kappa shape index (κ2) is 5.08. The fourth-order valence-corrected chi connectivity index (χ4v) is 4.10. The zero-order valence-corrected chi connectivity index (χ0v) is 12.4. The highest BCUT2D eigenvalue weighted by Gasteiger charge is 2.57. The molecular formula is C14H15Cl2NO3. The molecule has 6 heteroatoms. The minimum Gasteiger partial charge on any atom is -0.483 e. The molecule has 0 N–H and O–H groups in total. The van der Waals surface area contributed by atoms with Crippen LogP contribution in [-0.2, 0) is 0 Å². The summed E-state index contributed by atoms with van der Waals surface area (Å²) in [5, 5.41) is 11.6. The van der Waals surface area contributed by atoms with Crippen LogP contribution < -0.4 is 4.74 Å². The maximum absolute atomic E-state index is 11.1. The third kappa shape index (κ3) is 2.15. The van der Waals surface area contributed by atoms with Crippen LogP contribution in [0.5, 0.6) is 5.75 Å². The lowest BCUT2D eigenvalue weighted by atomic mass is 9.64. The Morgan fingerprint density at radius 3 is 2.65 bits per heavy atom. The molecule has 1 aromatic carbocycles. The number of rotatable bonds is 3. The number of nitrogens with zero attached hydrogens (tertiary/aromatic N) is 1. The van der Waals surface area contributed by atoms with E-state index >= 15 is 0 Å². The van der Waals surface area contributed by atoms with Crippen LogP contribution in [0.25, 0.3) is 0 Å². The molecule has 20 heavy (non-hydrogen) atoms. The first kappa shape index (κ1) is 14.0. The second-order valence-electron chi connectivity index (χ2n) is 5.62. The Labute approximate surface area is 127 Å². The van der Waals surface area contributed by atoms with Crippen molar-refractivity contribution < 1.29 is 9.66 Å². The van der Waals surface area contributed by atoms with Gasteiger partial charge in [-0.05, 0) is 18.9 Å². The van der Waals surface area contributed by atoms with Crippen molar-refractivity contribution in [1.29, 1.82) is 0 Å². The van der Waals surface area contributed by atoms with Crippen LogP contribution in [0.3, 0.4) is 0 Å². The molecule has 2 unspecified atom stereocenters.